The van der Waals surface area contributed by atoms with Crippen LogP contribution in [-0.2, 0) is 6.54 Å². The van der Waals surface area contributed by atoms with E-state index < -0.39 is 0 Å². The molecule has 0 saturated heterocycles. The Labute approximate surface area is 91.3 Å². The minimum absolute atomic E-state index is 0.404. The van der Waals surface area contributed by atoms with Gasteiger partial charge in [-0.2, -0.15) is 0 Å². The van der Waals surface area contributed by atoms with Gasteiger partial charge in [-0.05, 0) is 18.9 Å². The molecule has 1 fully saturated rings. The van der Waals surface area contributed by atoms with Crippen LogP contribution < -0.4 is 5.32 Å². The van der Waals surface area contributed by atoms with Gasteiger partial charge in [0.25, 0.3) is 0 Å². The van der Waals surface area contributed by atoms with Crippen molar-refractivity contribution >= 4 is 0 Å². The minimum atomic E-state index is 0.404. The lowest BCUT2D eigenvalue weighted by Crippen LogP contribution is -2.30. The molecule has 0 aliphatic heterocycles. The number of phenols is 1. The van der Waals surface area contributed by atoms with E-state index in [-0.39, 0.29) is 0 Å². The van der Waals surface area contributed by atoms with E-state index >= 15 is 0 Å². The van der Waals surface area contributed by atoms with Gasteiger partial charge in [0.05, 0.1) is 0 Å². The summed E-state index contributed by atoms with van der Waals surface area (Å²) in [6.07, 6.45) is 6.65. The Morgan fingerprint density at radius 2 is 1.87 bits per heavy atom. The summed E-state index contributed by atoms with van der Waals surface area (Å²) in [5.74, 6) is 0.404. The number of phenolic OH excluding ortho intramolecular Hbond substituents is 1. The summed E-state index contributed by atoms with van der Waals surface area (Å²) < 4.78 is 0. The number of para-hydroxylation sites is 1. The zero-order valence-electron chi connectivity index (χ0n) is 9.08. The highest BCUT2D eigenvalue weighted by atomic mass is 16.3. The van der Waals surface area contributed by atoms with E-state index in [0.29, 0.717) is 11.8 Å². The molecule has 0 atom stereocenters. The Morgan fingerprint density at radius 3 is 2.60 bits per heavy atom. The summed E-state index contributed by atoms with van der Waals surface area (Å²) in [5.41, 5.74) is 1.00. The van der Waals surface area contributed by atoms with Gasteiger partial charge in [-0.3, -0.25) is 0 Å². The van der Waals surface area contributed by atoms with Crippen LogP contribution in [-0.4, -0.2) is 11.1 Å². The molecule has 0 bridgehead atoms. The number of hydrogen-bond donors (Lipinski definition) is 2. The third-order valence-corrected chi connectivity index (χ3v) is 3.18. The van der Waals surface area contributed by atoms with Crippen molar-refractivity contribution in [2.45, 2.75) is 44.7 Å². The van der Waals surface area contributed by atoms with Crippen LogP contribution in [0, 0.1) is 0 Å². The third-order valence-electron chi connectivity index (χ3n) is 3.18. The van der Waals surface area contributed by atoms with Gasteiger partial charge < -0.3 is 10.4 Å². The predicted octanol–water partition coefficient (Wildman–Crippen LogP) is 2.81. The highest BCUT2D eigenvalue weighted by Gasteiger charge is 2.12. The monoisotopic (exact) mass is 205 g/mol. The lowest BCUT2D eigenvalue weighted by atomic mass is 9.95. The molecule has 82 valence electrons. The molecule has 0 heterocycles. The zero-order valence-corrected chi connectivity index (χ0v) is 9.08. The Hall–Kier alpha value is -1.02. The maximum Gasteiger partial charge on any atom is 0.120 e. The molecular formula is C13H19NO. The van der Waals surface area contributed by atoms with Crippen molar-refractivity contribution in [3.63, 3.8) is 0 Å². The molecule has 1 saturated carbocycles. The van der Waals surface area contributed by atoms with Crippen molar-refractivity contribution in [2.75, 3.05) is 0 Å². The van der Waals surface area contributed by atoms with Crippen LogP contribution in [0.25, 0.3) is 0 Å². The smallest absolute Gasteiger partial charge is 0.120 e. The summed E-state index contributed by atoms with van der Waals surface area (Å²) in [6, 6.07) is 8.21. The first-order valence-electron chi connectivity index (χ1n) is 5.86. The fraction of sp³-hybridized carbons (Fsp3) is 0.538. The van der Waals surface area contributed by atoms with E-state index in [1.807, 2.05) is 18.2 Å². The van der Waals surface area contributed by atoms with E-state index in [9.17, 15) is 5.11 Å². The van der Waals surface area contributed by atoms with Crippen molar-refractivity contribution in [3.8, 4) is 5.75 Å². The van der Waals surface area contributed by atoms with Crippen molar-refractivity contribution in [1.29, 1.82) is 0 Å². The van der Waals surface area contributed by atoms with Crippen LogP contribution >= 0.6 is 0 Å². The number of aromatic hydroxyl groups is 1. The lowest BCUT2D eigenvalue weighted by Gasteiger charge is -2.23. The van der Waals surface area contributed by atoms with Crippen molar-refractivity contribution < 1.29 is 5.11 Å². The molecule has 0 amide bonds. The van der Waals surface area contributed by atoms with Crippen LogP contribution in [0.5, 0.6) is 5.75 Å². The van der Waals surface area contributed by atoms with Crippen LogP contribution in [0.2, 0.25) is 0 Å². The molecule has 2 N–H and O–H groups in total. The Bertz CT molecular complexity index is 305. The zero-order chi connectivity index (χ0) is 10.5. The average Bonchev–Trinajstić information content (AvgIpc) is 2.29. The predicted molar refractivity (Wildman–Crippen MR) is 61.8 cm³/mol. The molecule has 1 aliphatic rings. The largest absolute Gasteiger partial charge is 0.508 e. The first-order chi connectivity index (χ1) is 7.36. The number of nitrogens with one attached hydrogen (secondary N) is 1. The standard InChI is InChI=1S/C13H19NO/c15-13-9-5-4-6-11(13)10-14-12-7-2-1-3-8-12/h4-6,9,12,14-15H,1-3,7-8,10H2. The first-order valence-corrected chi connectivity index (χ1v) is 5.86. The van der Waals surface area contributed by atoms with Crippen molar-refractivity contribution in [3.05, 3.63) is 29.8 Å². The van der Waals surface area contributed by atoms with Gasteiger partial charge in [-0.1, -0.05) is 37.5 Å². The van der Waals surface area contributed by atoms with E-state index in [4.69, 9.17) is 0 Å². The highest BCUT2D eigenvalue weighted by Crippen LogP contribution is 2.19. The van der Waals surface area contributed by atoms with Crippen LogP contribution in [0.4, 0.5) is 0 Å². The van der Waals surface area contributed by atoms with Gasteiger partial charge in [0.2, 0.25) is 0 Å². The summed E-state index contributed by atoms with van der Waals surface area (Å²) in [7, 11) is 0. The molecule has 1 aromatic rings. The molecule has 0 spiro atoms. The van der Waals surface area contributed by atoms with E-state index in [0.717, 1.165) is 12.1 Å². The highest BCUT2D eigenvalue weighted by molar-refractivity contribution is 5.31. The SMILES string of the molecule is Oc1ccccc1CNC1CCCCC1. The van der Waals surface area contributed by atoms with Gasteiger partial charge in [0.1, 0.15) is 5.75 Å². The Kier molecular flexibility index (Phi) is 3.62. The molecule has 2 nitrogen and oxygen atoms in total. The Balaban J connectivity index is 1.84. The second kappa shape index (κ2) is 5.17. The number of hydrogen-bond acceptors (Lipinski definition) is 2. The molecule has 1 aromatic carbocycles. The Morgan fingerprint density at radius 1 is 1.13 bits per heavy atom. The van der Waals surface area contributed by atoms with Gasteiger partial charge >= 0.3 is 0 Å². The van der Waals surface area contributed by atoms with E-state index in [2.05, 4.69) is 5.32 Å². The van der Waals surface area contributed by atoms with Gasteiger partial charge in [0, 0.05) is 18.2 Å². The topological polar surface area (TPSA) is 32.3 Å². The molecule has 0 unspecified atom stereocenters. The molecule has 2 rings (SSSR count). The van der Waals surface area contributed by atoms with Gasteiger partial charge in [-0.25, -0.2) is 0 Å². The maximum absolute atomic E-state index is 9.60. The lowest BCUT2D eigenvalue weighted by molar-refractivity contribution is 0.369. The fourth-order valence-electron chi connectivity index (χ4n) is 2.22. The quantitative estimate of drug-likeness (QED) is 0.795. The van der Waals surface area contributed by atoms with Crippen LogP contribution in [0.1, 0.15) is 37.7 Å². The third kappa shape index (κ3) is 2.96. The molecule has 0 radical (unpaired) electrons. The number of benzene rings is 1. The molecule has 2 heteroatoms. The second-order valence-corrected chi connectivity index (χ2v) is 4.34. The summed E-state index contributed by atoms with van der Waals surface area (Å²) in [4.78, 5) is 0. The average molecular weight is 205 g/mol. The molecule has 15 heavy (non-hydrogen) atoms. The summed E-state index contributed by atoms with van der Waals surface area (Å²) in [5, 5.41) is 13.1. The second-order valence-electron chi connectivity index (χ2n) is 4.34. The molecule has 1 aliphatic carbocycles. The first kappa shape index (κ1) is 10.5. The summed E-state index contributed by atoms with van der Waals surface area (Å²) in [6.45, 7) is 0.789. The van der Waals surface area contributed by atoms with E-state index in [1.165, 1.54) is 32.1 Å². The summed E-state index contributed by atoms with van der Waals surface area (Å²) >= 11 is 0. The van der Waals surface area contributed by atoms with E-state index in [1.54, 1.807) is 6.07 Å². The number of rotatable bonds is 3. The molecular weight excluding hydrogens is 186 g/mol. The van der Waals surface area contributed by atoms with Crippen LogP contribution in [0.15, 0.2) is 24.3 Å². The molecule has 0 aromatic heterocycles. The van der Waals surface area contributed by atoms with Crippen LogP contribution in [0.3, 0.4) is 0 Å². The van der Waals surface area contributed by atoms with Gasteiger partial charge in [0.15, 0.2) is 0 Å². The van der Waals surface area contributed by atoms with Crippen molar-refractivity contribution in [1.82, 2.24) is 5.32 Å². The van der Waals surface area contributed by atoms with Crippen molar-refractivity contribution in [2.24, 2.45) is 0 Å². The normalized spacial score (nSPS) is 17.9. The maximum atomic E-state index is 9.60. The fourth-order valence-corrected chi connectivity index (χ4v) is 2.22. The van der Waals surface area contributed by atoms with Gasteiger partial charge in [-0.15, -0.1) is 0 Å². The minimum Gasteiger partial charge on any atom is -0.508 e.